The van der Waals surface area contributed by atoms with E-state index in [1.54, 1.807) is 0 Å². The first-order valence-electron chi connectivity index (χ1n) is 29.2. The molecular formula is C80H55N5W5. The summed E-state index contributed by atoms with van der Waals surface area (Å²) in [5.41, 5.74) is 21.6. The fourth-order valence-corrected chi connectivity index (χ4v) is 13.1. The summed E-state index contributed by atoms with van der Waals surface area (Å²) in [6.45, 7) is 4.90. The SMILES string of the molecule is [W].[W].[W].[W].[W].[c-]1ccc2c(c1)-c1ccc3ccccc3[n+]1C2.[c-]1ccc2c[n+]3c(cc2c1)-c1ccccc1C3.[c-]1ccc2cc3[n+](cc2c1)Cc1ccccc1-3.[c-]1cccc2c[n+]3c(cc12)-c1ccccc1C3.[c-]1cccc2cc3[n+](cc12)Cc1ccccc1-3. The second-order valence-corrected chi connectivity index (χ2v) is 22.4. The molecular weight excluding hydrogens is 1950 g/mol. The van der Waals surface area contributed by atoms with Crippen LogP contribution < -0.4 is 22.8 Å². The first-order valence-corrected chi connectivity index (χ1v) is 29.2. The van der Waals surface area contributed by atoms with Crippen LogP contribution in [-0.4, -0.2) is 0 Å². The van der Waals surface area contributed by atoms with Gasteiger partial charge in [-0.25, -0.2) is 18.3 Å². The number of hydrogen-bond donors (Lipinski definition) is 0. The Morgan fingerprint density at radius 1 is 0.256 bits per heavy atom. The van der Waals surface area contributed by atoms with Crippen molar-refractivity contribution in [3.63, 3.8) is 0 Å². The van der Waals surface area contributed by atoms with E-state index < -0.39 is 0 Å². The number of fused-ring (bicyclic) bond motifs is 21. The molecule has 0 spiro atoms. The second-order valence-electron chi connectivity index (χ2n) is 22.4. The fraction of sp³-hybridized carbons (Fsp3) is 0.0625. The Bertz CT molecular complexity index is 4620. The van der Waals surface area contributed by atoms with E-state index in [4.69, 9.17) is 0 Å². The maximum Gasteiger partial charge on any atom is 0.212 e. The molecule has 0 amide bonds. The summed E-state index contributed by atoms with van der Waals surface area (Å²) >= 11 is 0. The minimum atomic E-state index is 0. The van der Waals surface area contributed by atoms with Gasteiger partial charge in [-0.2, -0.15) is 77.4 Å². The number of aromatic nitrogens is 5. The van der Waals surface area contributed by atoms with Gasteiger partial charge in [0.15, 0.2) is 56.0 Å². The van der Waals surface area contributed by atoms with Crippen molar-refractivity contribution in [1.82, 2.24) is 0 Å². The topological polar surface area (TPSA) is 19.4 Å². The first kappa shape index (κ1) is 64.2. The fourth-order valence-electron chi connectivity index (χ4n) is 13.1. The Balaban J connectivity index is 0.000000114. The van der Waals surface area contributed by atoms with Crippen molar-refractivity contribution in [2.45, 2.75) is 32.7 Å². The molecule has 0 bridgehead atoms. The second kappa shape index (κ2) is 28.1. The number of rotatable bonds is 0. The van der Waals surface area contributed by atoms with E-state index in [-0.39, 0.29) is 105 Å². The monoisotopic (exact) mass is 2010 g/mol. The zero-order valence-electron chi connectivity index (χ0n) is 48.8. The summed E-state index contributed by atoms with van der Waals surface area (Å²) in [6.07, 6.45) is 8.88. The molecule has 0 radical (unpaired) electrons. The molecule has 10 aromatic carbocycles. The Morgan fingerprint density at radius 2 is 0.689 bits per heavy atom. The van der Waals surface area contributed by atoms with Crippen molar-refractivity contribution in [1.29, 1.82) is 0 Å². The molecule has 10 heterocycles. The number of benzene rings is 10. The third-order valence-corrected chi connectivity index (χ3v) is 17.3. The first-order chi connectivity index (χ1) is 42.1. The molecule has 5 aromatic heterocycles. The Hall–Kier alpha value is -7.31. The van der Waals surface area contributed by atoms with E-state index >= 15 is 0 Å². The number of pyridine rings is 5. The maximum absolute atomic E-state index is 3.30. The number of para-hydroxylation sites is 1. The predicted octanol–water partition coefficient (Wildman–Crippen LogP) is 14.8. The number of nitrogens with zero attached hydrogens (tertiary/aromatic N) is 5. The van der Waals surface area contributed by atoms with E-state index in [1.807, 2.05) is 48.5 Å². The maximum atomic E-state index is 3.30. The molecule has 5 aliphatic rings. The summed E-state index contributed by atoms with van der Waals surface area (Å²) in [7, 11) is 0. The molecule has 90 heavy (non-hydrogen) atoms. The number of hydrogen-bond acceptors (Lipinski definition) is 0. The van der Waals surface area contributed by atoms with Gasteiger partial charge in [0.1, 0.15) is 12.4 Å². The van der Waals surface area contributed by atoms with Gasteiger partial charge in [-0.15, -0.1) is 64.7 Å². The molecule has 15 aromatic rings. The normalized spacial score (nSPS) is 11.8. The van der Waals surface area contributed by atoms with E-state index in [2.05, 4.69) is 278 Å². The molecule has 430 valence electrons. The minimum absolute atomic E-state index is 0. The van der Waals surface area contributed by atoms with Gasteiger partial charge in [0.25, 0.3) is 0 Å². The van der Waals surface area contributed by atoms with Gasteiger partial charge in [-0.3, -0.25) is 0 Å². The smallest absolute Gasteiger partial charge is 0.212 e. The van der Waals surface area contributed by atoms with Crippen LogP contribution in [0.15, 0.2) is 274 Å². The summed E-state index contributed by atoms with van der Waals surface area (Å²) in [4.78, 5) is 0. The summed E-state index contributed by atoms with van der Waals surface area (Å²) < 4.78 is 11.7. The Morgan fingerprint density at radius 3 is 1.31 bits per heavy atom. The van der Waals surface area contributed by atoms with E-state index in [1.165, 1.54) is 138 Å². The van der Waals surface area contributed by atoms with Gasteiger partial charge in [0.2, 0.25) is 16.9 Å². The van der Waals surface area contributed by atoms with Crippen LogP contribution in [0.5, 0.6) is 0 Å². The van der Waals surface area contributed by atoms with E-state index in [0.29, 0.717) is 0 Å². The van der Waals surface area contributed by atoms with Crippen LogP contribution in [0.3, 0.4) is 0 Å². The van der Waals surface area contributed by atoms with Crippen molar-refractivity contribution >= 4 is 54.0 Å². The average Bonchev–Trinajstić information content (AvgIpc) is 1.75. The van der Waals surface area contributed by atoms with Gasteiger partial charge in [0, 0.05) is 145 Å². The van der Waals surface area contributed by atoms with E-state index in [0.717, 1.165) is 32.7 Å². The molecule has 5 nitrogen and oxygen atoms in total. The van der Waals surface area contributed by atoms with Crippen LogP contribution in [0.4, 0.5) is 0 Å². The molecule has 0 unspecified atom stereocenters. The van der Waals surface area contributed by atoms with Crippen LogP contribution in [0, 0.1) is 30.3 Å². The largest absolute Gasteiger partial charge is 0.235 e. The predicted molar refractivity (Wildman–Crippen MR) is 338 cm³/mol. The zero-order chi connectivity index (χ0) is 56.2. The third kappa shape index (κ3) is 12.4. The quantitative estimate of drug-likeness (QED) is 0.106. The minimum Gasteiger partial charge on any atom is -0.235 e. The van der Waals surface area contributed by atoms with Gasteiger partial charge in [-0.1, -0.05) is 124 Å². The standard InChI is InChI=1S/5C16H11N.5W/c1-3-7-14-13(6-1)11-17-15-8-4-2-5-12(15)9-10-16(14)17;4*1-2-6-13-10-17-11-14-7-3-4-8-15(14)16(17)9-12(13)5-1;;;;;/h1-2,4-10H,11H2;2-10H,11H2;1,3-10H,11H2;1-4,6-10H,11H2;1-5,7-10H,11H2;;;;;. The molecule has 0 saturated carbocycles. The molecule has 5 aliphatic heterocycles. The van der Waals surface area contributed by atoms with Crippen LogP contribution in [0.1, 0.15) is 27.8 Å². The van der Waals surface area contributed by atoms with Crippen LogP contribution >= 0.6 is 0 Å². The molecule has 0 atom stereocenters. The van der Waals surface area contributed by atoms with Crippen molar-refractivity contribution in [3.05, 3.63) is 332 Å². The third-order valence-electron chi connectivity index (χ3n) is 17.3. The molecule has 0 N–H and O–H groups in total. The zero-order valence-corrected chi connectivity index (χ0v) is 63.5. The molecule has 0 fully saturated rings. The molecule has 20 rings (SSSR count). The van der Waals surface area contributed by atoms with Crippen LogP contribution in [0.25, 0.3) is 110 Å². The van der Waals surface area contributed by atoms with Crippen molar-refractivity contribution in [2.24, 2.45) is 0 Å². The average molecular weight is 2010 g/mol. The van der Waals surface area contributed by atoms with Gasteiger partial charge < -0.3 is 0 Å². The van der Waals surface area contributed by atoms with E-state index in [9.17, 15) is 0 Å². The van der Waals surface area contributed by atoms with Crippen molar-refractivity contribution in [3.8, 4) is 56.3 Å². The van der Waals surface area contributed by atoms with Crippen LogP contribution in [0.2, 0.25) is 0 Å². The van der Waals surface area contributed by atoms with Gasteiger partial charge in [-0.05, 0) is 66.0 Å². The summed E-state index contributed by atoms with van der Waals surface area (Å²) in [6, 6.07) is 103. The molecule has 0 aliphatic carbocycles. The summed E-state index contributed by atoms with van der Waals surface area (Å²) in [5, 5.41) is 11.3. The molecule has 10 heteroatoms. The van der Waals surface area contributed by atoms with Crippen molar-refractivity contribution < 1.29 is 128 Å². The van der Waals surface area contributed by atoms with Gasteiger partial charge in [0.05, 0.1) is 22.9 Å². The van der Waals surface area contributed by atoms with Crippen LogP contribution in [-0.2, 0) is 138 Å². The van der Waals surface area contributed by atoms with Gasteiger partial charge >= 0.3 is 0 Å². The molecule has 0 saturated heterocycles. The Labute approximate surface area is 596 Å². The summed E-state index contributed by atoms with van der Waals surface area (Å²) in [5.74, 6) is 0. The van der Waals surface area contributed by atoms with Crippen molar-refractivity contribution in [2.75, 3.05) is 0 Å². The Kier molecular flexibility index (Phi) is 20.0.